The molecule has 0 saturated carbocycles. The van der Waals surface area contributed by atoms with Gasteiger partial charge >= 0.3 is 0 Å². The molecule has 31 heavy (non-hydrogen) atoms. The summed E-state index contributed by atoms with van der Waals surface area (Å²) >= 11 is 0. The molecule has 1 aromatic carbocycles. The molecule has 1 aliphatic heterocycles. The van der Waals surface area contributed by atoms with E-state index >= 15 is 0 Å². The average molecular weight is 545 g/mol. The van der Waals surface area contributed by atoms with Gasteiger partial charge in [-0.3, -0.25) is 9.89 Å². The summed E-state index contributed by atoms with van der Waals surface area (Å²) in [5.41, 5.74) is 3.07. The maximum atomic E-state index is 13.9. The summed E-state index contributed by atoms with van der Waals surface area (Å²) < 4.78 is 24.1. The van der Waals surface area contributed by atoms with Gasteiger partial charge in [0.2, 0.25) is 0 Å². The number of rotatable bonds is 7. The minimum atomic E-state index is -0.307. The van der Waals surface area contributed by atoms with E-state index in [1.165, 1.54) is 7.11 Å². The maximum absolute atomic E-state index is 13.9. The first-order valence-electron chi connectivity index (χ1n) is 10.4. The van der Waals surface area contributed by atoms with Crippen LogP contribution in [0.5, 0.6) is 5.75 Å². The van der Waals surface area contributed by atoms with Crippen LogP contribution in [0, 0.1) is 19.7 Å². The van der Waals surface area contributed by atoms with Gasteiger partial charge in [0, 0.05) is 44.8 Å². The zero-order chi connectivity index (χ0) is 21.5. The molecule has 0 atom stereocenters. The van der Waals surface area contributed by atoms with Gasteiger partial charge in [-0.2, -0.15) is 0 Å². The maximum Gasteiger partial charge on any atom is 0.191 e. The molecular formula is C22H33FIN5O2. The quantitative estimate of drug-likeness (QED) is 0.316. The topological polar surface area (TPSA) is 74.9 Å². The highest BCUT2D eigenvalue weighted by Gasteiger charge is 2.20. The van der Waals surface area contributed by atoms with Crippen molar-refractivity contribution in [2.45, 2.75) is 45.7 Å². The van der Waals surface area contributed by atoms with Crippen LogP contribution in [0.1, 0.15) is 35.4 Å². The van der Waals surface area contributed by atoms with E-state index in [2.05, 4.69) is 25.7 Å². The highest BCUT2D eigenvalue weighted by molar-refractivity contribution is 14.0. The first kappa shape index (κ1) is 25.4. The Balaban J connectivity index is 0.00000341. The second-order valence-corrected chi connectivity index (χ2v) is 7.72. The van der Waals surface area contributed by atoms with Crippen LogP contribution in [0.4, 0.5) is 4.39 Å². The third-order valence-corrected chi connectivity index (χ3v) is 5.62. The molecule has 0 radical (unpaired) electrons. The van der Waals surface area contributed by atoms with Gasteiger partial charge in [-0.05, 0) is 50.8 Å². The number of aryl methyl sites for hydroxylation is 2. The van der Waals surface area contributed by atoms with Crippen LogP contribution < -0.4 is 15.4 Å². The molecule has 1 aliphatic rings. The van der Waals surface area contributed by atoms with Crippen molar-refractivity contribution < 1.29 is 13.7 Å². The average Bonchev–Trinajstić information content (AvgIpc) is 3.06. The number of halogens is 2. The van der Waals surface area contributed by atoms with Gasteiger partial charge in [0.25, 0.3) is 0 Å². The Morgan fingerprint density at radius 1 is 1.32 bits per heavy atom. The summed E-state index contributed by atoms with van der Waals surface area (Å²) in [4.78, 5) is 6.70. The molecule has 2 aromatic rings. The summed E-state index contributed by atoms with van der Waals surface area (Å²) in [6.45, 7) is 7.34. The van der Waals surface area contributed by atoms with E-state index in [0.717, 1.165) is 74.0 Å². The number of aliphatic imine (C=N–C) groups is 1. The second kappa shape index (κ2) is 12.2. The molecule has 1 fully saturated rings. The van der Waals surface area contributed by atoms with Crippen LogP contribution in [0.3, 0.4) is 0 Å². The van der Waals surface area contributed by atoms with Crippen molar-refractivity contribution in [3.8, 4) is 5.75 Å². The fourth-order valence-corrected chi connectivity index (χ4v) is 3.85. The fourth-order valence-electron chi connectivity index (χ4n) is 3.85. The Labute approximate surface area is 200 Å². The largest absolute Gasteiger partial charge is 0.494 e. The van der Waals surface area contributed by atoms with Gasteiger partial charge in [-0.1, -0.05) is 11.2 Å². The van der Waals surface area contributed by atoms with E-state index in [9.17, 15) is 4.39 Å². The molecule has 0 bridgehead atoms. The van der Waals surface area contributed by atoms with Gasteiger partial charge in [0.1, 0.15) is 5.76 Å². The number of benzene rings is 1. The Kier molecular flexibility index (Phi) is 10.0. The van der Waals surface area contributed by atoms with E-state index in [0.29, 0.717) is 6.04 Å². The molecule has 0 unspecified atom stereocenters. The number of hydrogen-bond donors (Lipinski definition) is 2. The van der Waals surface area contributed by atoms with Crippen LogP contribution in [-0.4, -0.2) is 55.8 Å². The normalized spacial score (nSPS) is 15.5. The Bertz CT molecular complexity index is 846. The van der Waals surface area contributed by atoms with Crippen LogP contribution in [-0.2, 0) is 13.0 Å². The molecule has 2 N–H and O–H groups in total. The lowest BCUT2D eigenvalue weighted by Gasteiger charge is -2.33. The van der Waals surface area contributed by atoms with E-state index in [1.807, 2.05) is 19.9 Å². The number of methoxy groups -OCH3 is 1. The van der Waals surface area contributed by atoms with E-state index in [1.54, 1.807) is 19.2 Å². The van der Waals surface area contributed by atoms with Crippen molar-refractivity contribution >= 4 is 29.9 Å². The number of likely N-dealkylation sites (tertiary alicyclic amines) is 1. The van der Waals surface area contributed by atoms with Crippen LogP contribution in [0.15, 0.2) is 27.7 Å². The number of nitrogens with one attached hydrogen (secondary N) is 2. The summed E-state index contributed by atoms with van der Waals surface area (Å²) in [5, 5.41) is 10.9. The second-order valence-electron chi connectivity index (χ2n) is 7.72. The van der Waals surface area contributed by atoms with Gasteiger partial charge in [-0.25, -0.2) is 4.39 Å². The lowest BCUT2D eigenvalue weighted by molar-refractivity contribution is 0.198. The molecule has 9 heteroatoms. The summed E-state index contributed by atoms with van der Waals surface area (Å²) in [5.74, 6) is 1.67. The summed E-state index contributed by atoms with van der Waals surface area (Å²) in [7, 11) is 3.27. The van der Waals surface area contributed by atoms with Crippen LogP contribution in [0.25, 0.3) is 0 Å². The van der Waals surface area contributed by atoms with Crippen molar-refractivity contribution in [1.82, 2.24) is 20.7 Å². The number of piperidine rings is 1. The van der Waals surface area contributed by atoms with E-state index < -0.39 is 0 Å². The van der Waals surface area contributed by atoms with Crippen LogP contribution in [0.2, 0.25) is 0 Å². The molecule has 0 amide bonds. The van der Waals surface area contributed by atoms with Gasteiger partial charge < -0.3 is 19.9 Å². The van der Waals surface area contributed by atoms with Gasteiger partial charge in [-0.15, -0.1) is 24.0 Å². The number of guanidine groups is 1. The molecule has 3 rings (SSSR count). The van der Waals surface area contributed by atoms with Crippen molar-refractivity contribution in [3.05, 3.63) is 46.6 Å². The molecule has 0 spiro atoms. The summed E-state index contributed by atoms with van der Waals surface area (Å²) in [6.07, 6.45) is 2.88. The Hall–Kier alpha value is -1.88. The molecule has 1 aromatic heterocycles. The van der Waals surface area contributed by atoms with Crippen molar-refractivity contribution in [3.63, 3.8) is 0 Å². The third kappa shape index (κ3) is 7.06. The standard InChI is InChI=1S/C22H32FN5O2.HI/c1-15-19(16(2)30-27-15)7-10-25-22(24-3)26-18-8-11-28(12-9-18)14-17-5-6-21(29-4)20(23)13-17;/h5-6,13,18H,7-12,14H2,1-4H3,(H2,24,25,26);1H. The van der Waals surface area contributed by atoms with Crippen molar-refractivity contribution in [1.29, 1.82) is 0 Å². The highest BCUT2D eigenvalue weighted by atomic mass is 127. The number of ether oxygens (including phenoxy) is 1. The minimum Gasteiger partial charge on any atom is -0.494 e. The Morgan fingerprint density at radius 3 is 2.65 bits per heavy atom. The first-order chi connectivity index (χ1) is 14.5. The molecule has 0 aliphatic carbocycles. The molecule has 7 nitrogen and oxygen atoms in total. The first-order valence-corrected chi connectivity index (χ1v) is 10.4. The molecule has 2 heterocycles. The minimum absolute atomic E-state index is 0. The third-order valence-electron chi connectivity index (χ3n) is 5.62. The van der Waals surface area contributed by atoms with Gasteiger partial charge in [0.05, 0.1) is 12.8 Å². The lowest BCUT2D eigenvalue weighted by Crippen LogP contribution is -2.48. The SMILES string of the molecule is CN=C(NCCc1c(C)noc1C)NC1CCN(Cc2ccc(OC)c(F)c2)CC1.I. The van der Waals surface area contributed by atoms with Crippen LogP contribution >= 0.6 is 24.0 Å². The predicted molar refractivity (Wildman–Crippen MR) is 131 cm³/mol. The number of aromatic nitrogens is 1. The van der Waals surface area contributed by atoms with E-state index in [4.69, 9.17) is 9.26 Å². The predicted octanol–water partition coefficient (Wildman–Crippen LogP) is 3.43. The van der Waals surface area contributed by atoms with E-state index in [-0.39, 0.29) is 35.5 Å². The van der Waals surface area contributed by atoms with Crippen molar-refractivity contribution in [2.24, 2.45) is 4.99 Å². The lowest BCUT2D eigenvalue weighted by atomic mass is 10.0. The zero-order valence-corrected chi connectivity index (χ0v) is 21.0. The molecular weight excluding hydrogens is 512 g/mol. The monoisotopic (exact) mass is 545 g/mol. The zero-order valence-electron chi connectivity index (χ0n) is 18.7. The molecule has 1 saturated heterocycles. The van der Waals surface area contributed by atoms with Gasteiger partial charge in [0.15, 0.2) is 17.5 Å². The van der Waals surface area contributed by atoms with Crippen molar-refractivity contribution in [2.75, 3.05) is 33.8 Å². The summed E-state index contributed by atoms with van der Waals surface area (Å²) in [6, 6.07) is 5.56. The smallest absolute Gasteiger partial charge is 0.191 e. The highest BCUT2D eigenvalue weighted by Crippen LogP contribution is 2.20. The number of nitrogens with zero attached hydrogens (tertiary/aromatic N) is 3. The number of hydrogen-bond acceptors (Lipinski definition) is 5. The fraction of sp³-hybridized carbons (Fsp3) is 0.545. The Morgan fingerprint density at radius 2 is 2.06 bits per heavy atom. The molecule has 172 valence electrons.